The second-order valence-electron chi connectivity index (χ2n) is 5.52. The molecule has 2 aromatic carbocycles. The highest BCUT2D eigenvalue weighted by molar-refractivity contribution is 6.26. The molecule has 1 heterocycles. The molecule has 2 aromatic rings. The number of ether oxygens (including phenoxy) is 2. The summed E-state index contributed by atoms with van der Waals surface area (Å²) in [6.45, 7) is 1.67. The Morgan fingerprint density at radius 2 is 1.93 bits per heavy atom. The van der Waals surface area contributed by atoms with Crippen LogP contribution in [0.25, 0.3) is 6.08 Å². The fourth-order valence-electron chi connectivity index (χ4n) is 2.42. The smallest absolute Gasteiger partial charge is 0.347 e. The first-order chi connectivity index (χ1) is 13.0. The molecule has 0 spiro atoms. The fourth-order valence-corrected chi connectivity index (χ4v) is 2.42. The standard InChI is InChI=1S/C20H15F2NO4/c1-2-26-20(25)17-18(24)16(10-12-8-9-13(21)11-15(12)22)27-19(17)23-14-6-4-3-5-7-14/h3-11,23H,2H2,1H3/b16-10-. The van der Waals surface area contributed by atoms with Gasteiger partial charge in [0.25, 0.3) is 0 Å². The van der Waals surface area contributed by atoms with Gasteiger partial charge in [-0.25, -0.2) is 13.6 Å². The number of rotatable bonds is 5. The molecule has 1 aliphatic heterocycles. The molecule has 0 saturated heterocycles. The lowest BCUT2D eigenvalue weighted by Crippen LogP contribution is -2.16. The molecule has 0 amide bonds. The van der Waals surface area contributed by atoms with E-state index < -0.39 is 23.4 Å². The first-order valence-corrected chi connectivity index (χ1v) is 8.12. The van der Waals surface area contributed by atoms with Crippen LogP contribution in [0.5, 0.6) is 0 Å². The molecular weight excluding hydrogens is 356 g/mol. The van der Waals surface area contributed by atoms with Crippen LogP contribution in [0.2, 0.25) is 0 Å². The zero-order valence-corrected chi connectivity index (χ0v) is 14.3. The molecule has 1 N–H and O–H groups in total. The lowest BCUT2D eigenvalue weighted by Gasteiger charge is -2.08. The summed E-state index contributed by atoms with van der Waals surface area (Å²) in [4.78, 5) is 24.8. The molecule has 0 aliphatic carbocycles. The minimum Gasteiger partial charge on any atom is -0.462 e. The van der Waals surface area contributed by atoms with Crippen molar-refractivity contribution in [2.75, 3.05) is 11.9 Å². The second kappa shape index (κ2) is 7.82. The molecule has 5 nitrogen and oxygen atoms in total. The maximum absolute atomic E-state index is 13.9. The maximum Gasteiger partial charge on any atom is 0.347 e. The summed E-state index contributed by atoms with van der Waals surface area (Å²) in [7, 11) is 0. The monoisotopic (exact) mass is 371 g/mol. The molecule has 3 rings (SSSR count). The van der Waals surface area contributed by atoms with E-state index in [2.05, 4.69) is 5.32 Å². The van der Waals surface area contributed by atoms with Crippen LogP contribution in [-0.4, -0.2) is 18.4 Å². The normalized spacial score (nSPS) is 15.1. The molecule has 1 aliphatic rings. The second-order valence-corrected chi connectivity index (χ2v) is 5.52. The first kappa shape index (κ1) is 18.3. The van der Waals surface area contributed by atoms with Gasteiger partial charge in [0.1, 0.15) is 11.6 Å². The summed E-state index contributed by atoms with van der Waals surface area (Å²) in [6.07, 6.45) is 1.11. The number of allylic oxidation sites excluding steroid dienone is 1. The van der Waals surface area contributed by atoms with Crippen LogP contribution >= 0.6 is 0 Å². The van der Waals surface area contributed by atoms with E-state index in [0.717, 1.165) is 12.1 Å². The average molecular weight is 371 g/mol. The van der Waals surface area contributed by atoms with Crippen molar-refractivity contribution in [2.24, 2.45) is 0 Å². The first-order valence-electron chi connectivity index (χ1n) is 8.12. The van der Waals surface area contributed by atoms with E-state index in [0.29, 0.717) is 11.8 Å². The highest BCUT2D eigenvalue weighted by Gasteiger charge is 2.37. The summed E-state index contributed by atoms with van der Waals surface area (Å²) >= 11 is 0. The van der Waals surface area contributed by atoms with Crippen molar-refractivity contribution in [3.05, 3.63) is 82.9 Å². The number of esters is 1. The number of hydrogen-bond acceptors (Lipinski definition) is 5. The van der Waals surface area contributed by atoms with Crippen molar-refractivity contribution >= 4 is 23.5 Å². The Balaban J connectivity index is 1.96. The van der Waals surface area contributed by atoms with Crippen molar-refractivity contribution in [3.8, 4) is 0 Å². The van der Waals surface area contributed by atoms with Crippen LogP contribution in [0, 0.1) is 11.6 Å². The molecule has 27 heavy (non-hydrogen) atoms. The van der Waals surface area contributed by atoms with Crippen molar-refractivity contribution in [1.82, 2.24) is 0 Å². The third kappa shape index (κ3) is 4.03. The number of carbonyl (C=O) groups is 2. The van der Waals surface area contributed by atoms with E-state index in [9.17, 15) is 18.4 Å². The van der Waals surface area contributed by atoms with Crippen molar-refractivity contribution in [3.63, 3.8) is 0 Å². The number of hydrogen-bond donors (Lipinski definition) is 1. The summed E-state index contributed by atoms with van der Waals surface area (Å²) in [6, 6.07) is 11.7. The molecule has 0 atom stereocenters. The molecular formula is C20H15F2NO4. The number of ketones is 1. The third-order valence-corrected chi connectivity index (χ3v) is 3.65. The van der Waals surface area contributed by atoms with Gasteiger partial charge in [0, 0.05) is 17.3 Å². The SMILES string of the molecule is CCOC(=O)C1=C(Nc2ccccc2)O/C(=C\c2ccc(F)cc2F)C1=O. The number of nitrogens with one attached hydrogen (secondary N) is 1. The van der Waals surface area contributed by atoms with Gasteiger partial charge in [0.15, 0.2) is 11.3 Å². The molecule has 0 fully saturated rings. The van der Waals surface area contributed by atoms with Gasteiger partial charge < -0.3 is 14.8 Å². The zero-order valence-electron chi connectivity index (χ0n) is 14.3. The van der Waals surface area contributed by atoms with E-state index in [1.54, 1.807) is 37.3 Å². The van der Waals surface area contributed by atoms with Crippen LogP contribution in [0.1, 0.15) is 12.5 Å². The Bertz CT molecular complexity index is 952. The van der Waals surface area contributed by atoms with Crippen molar-refractivity contribution in [1.29, 1.82) is 0 Å². The van der Waals surface area contributed by atoms with Crippen LogP contribution in [0.3, 0.4) is 0 Å². The Kier molecular flexibility index (Phi) is 5.30. The quantitative estimate of drug-likeness (QED) is 0.492. The van der Waals surface area contributed by atoms with Crippen molar-refractivity contribution < 1.29 is 27.8 Å². The largest absolute Gasteiger partial charge is 0.462 e. The van der Waals surface area contributed by atoms with Crippen LogP contribution in [-0.2, 0) is 19.1 Å². The van der Waals surface area contributed by atoms with E-state index in [-0.39, 0.29) is 29.4 Å². The van der Waals surface area contributed by atoms with Gasteiger partial charge in [-0.15, -0.1) is 0 Å². The van der Waals surface area contributed by atoms with Crippen LogP contribution < -0.4 is 5.32 Å². The number of halogens is 2. The lowest BCUT2D eigenvalue weighted by atomic mass is 10.1. The number of carbonyl (C=O) groups excluding carboxylic acids is 2. The summed E-state index contributed by atoms with van der Waals surface area (Å²) in [5.74, 6) is -3.61. The van der Waals surface area contributed by atoms with E-state index in [1.165, 1.54) is 6.07 Å². The predicted molar refractivity (Wildman–Crippen MR) is 94.2 cm³/mol. The Morgan fingerprint density at radius 3 is 2.59 bits per heavy atom. The third-order valence-electron chi connectivity index (χ3n) is 3.65. The highest BCUT2D eigenvalue weighted by atomic mass is 19.1. The van der Waals surface area contributed by atoms with Crippen LogP contribution in [0.15, 0.2) is 65.7 Å². The number of anilines is 1. The molecule has 138 valence electrons. The predicted octanol–water partition coefficient (Wildman–Crippen LogP) is 3.79. The lowest BCUT2D eigenvalue weighted by molar-refractivity contribution is -0.139. The number of benzene rings is 2. The van der Waals surface area contributed by atoms with Gasteiger partial charge in [0.2, 0.25) is 11.7 Å². The van der Waals surface area contributed by atoms with Gasteiger partial charge in [0.05, 0.1) is 6.61 Å². The van der Waals surface area contributed by atoms with Gasteiger partial charge in [-0.3, -0.25) is 4.79 Å². The number of Topliss-reactive ketones (excluding diaryl/α,β-unsaturated/α-hetero) is 1. The summed E-state index contributed by atoms with van der Waals surface area (Å²) in [5.41, 5.74) is 0.203. The maximum atomic E-state index is 13.9. The molecule has 0 saturated carbocycles. The Hall–Kier alpha value is -3.48. The van der Waals surface area contributed by atoms with Gasteiger partial charge in [-0.2, -0.15) is 0 Å². The van der Waals surface area contributed by atoms with E-state index in [1.807, 2.05) is 0 Å². The Labute approximate surface area is 153 Å². The minimum atomic E-state index is -0.860. The molecule has 0 bridgehead atoms. The van der Waals surface area contributed by atoms with Crippen LogP contribution in [0.4, 0.5) is 14.5 Å². The topological polar surface area (TPSA) is 64.6 Å². The highest BCUT2D eigenvalue weighted by Crippen LogP contribution is 2.29. The molecule has 7 heteroatoms. The molecule has 0 radical (unpaired) electrons. The Morgan fingerprint density at radius 1 is 1.19 bits per heavy atom. The van der Waals surface area contributed by atoms with E-state index in [4.69, 9.17) is 9.47 Å². The number of para-hydroxylation sites is 1. The molecule has 0 unspecified atom stereocenters. The fraction of sp³-hybridized carbons (Fsp3) is 0.100. The molecule has 0 aromatic heterocycles. The van der Waals surface area contributed by atoms with E-state index >= 15 is 0 Å². The summed E-state index contributed by atoms with van der Waals surface area (Å²) in [5, 5.41) is 2.84. The van der Waals surface area contributed by atoms with Gasteiger partial charge in [-0.05, 0) is 37.3 Å². The zero-order chi connectivity index (χ0) is 19.4. The average Bonchev–Trinajstić information content (AvgIpc) is 2.93. The summed E-state index contributed by atoms with van der Waals surface area (Å²) < 4.78 is 37.3. The van der Waals surface area contributed by atoms with Gasteiger partial charge in [-0.1, -0.05) is 18.2 Å². The van der Waals surface area contributed by atoms with Gasteiger partial charge >= 0.3 is 5.97 Å². The van der Waals surface area contributed by atoms with Crippen molar-refractivity contribution in [2.45, 2.75) is 6.92 Å². The minimum absolute atomic E-state index is 0.0519.